The Bertz CT molecular complexity index is 5520. The predicted octanol–water partition coefficient (Wildman–Crippen LogP) is 25.1. The molecular weight excluding hydrogens is 1200 g/mol. The summed E-state index contributed by atoms with van der Waals surface area (Å²) >= 11 is 3.50. The van der Waals surface area contributed by atoms with E-state index in [0.717, 1.165) is 15.8 Å². The van der Waals surface area contributed by atoms with Crippen molar-refractivity contribution < 1.29 is 0 Å². The molecule has 0 radical (unpaired) electrons. The van der Waals surface area contributed by atoms with Crippen molar-refractivity contribution in [2.75, 3.05) is 0 Å². The summed E-state index contributed by atoms with van der Waals surface area (Å²) in [5.74, 6) is 0. The largest absolute Gasteiger partial charge is 0.354 e. The van der Waals surface area contributed by atoms with Crippen LogP contribution >= 0.6 is 15.9 Å². The summed E-state index contributed by atoms with van der Waals surface area (Å²) in [5, 5.41) is 7.63. The lowest BCUT2D eigenvalue weighted by atomic mass is 9.97. The van der Waals surface area contributed by atoms with Crippen molar-refractivity contribution in [1.29, 1.82) is 0 Å². The van der Waals surface area contributed by atoms with Gasteiger partial charge >= 0.3 is 0 Å². The lowest BCUT2D eigenvalue weighted by Gasteiger charge is -2.15. The fraction of sp³-hybridized carbons (Fsp3) is 0.0112. The van der Waals surface area contributed by atoms with Crippen molar-refractivity contribution in [2.24, 2.45) is 0 Å². The predicted molar refractivity (Wildman–Crippen MR) is 404 cm³/mol. The number of fused-ring (bicyclic) bond motifs is 8. The van der Waals surface area contributed by atoms with E-state index in [1.807, 2.05) is 0 Å². The van der Waals surface area contributed by atoms with Gasteiger partial charge in [0, 0.05) is 70.5 Å². The number of aromatic nitrogens is 4. The van der Waals surface area contributed by atoms with Gasteiger partial charge in [-0.2, -0.15) is 0 Å². The van der Waals surface area contributed by atoms with Crippen LogP contribution in [0.25, 0.3) is 150 Å². The maximum Gasteiger partial charge on any atom is 0.0619 e. The van der Waals surface area contributed by atoms with Crippen molar-refractivity contribution in [1.82, 2.24) is 18.7 Å². The van der Waals surface area contributed by atoms with E-state index in [0.29, 0.717) is 0 Å². The molecule has 0 amide bonds. The van der Waals surface area contributed by atoms with Gasteiger partial charge in [-0.05, 0) is 129 Å². The zero-order valence-electron chi connectivity index (χ0n) is 50.9. The first kappa shape index (κ1) is 58.6. The third kappa shape index (κ3) is 11.0. The van der Waals surface area contributed by atoms with Gasteiger partial charge in [0.1, 0.15) is 0 Å². The highest BCUT2D eigenvalue weighted by atomic mass is 79.9. The molecule has 0 unspecified atom stereocenters. The molecule has 1 N–H and O–H groups in total. The Balaban J connectivity index is 0.000000128. The van der Waals surface area contributed by atoms with E-state index in [1.165, 1.54) is 138 Å². The molecule has 0 atom stereocenters. The van der Waals surface area contributed by atoms with Crippen LogP contribution in [0, 0.1) is 0 Å². The fourth-order valence-electron chi connectivity index (χ4n) is 13.6. The summed E-state index contributed by atoms with van der Waals surface area (Å²) in [7, 11) is 0. The van der Waals surface area contributed by atoms with Gasteiger partial charge < -0.3 is 18.7 Å². The number of hydrogen-bond acceptors (Lipinski definition) is 0. The number of hydrogen-bond donors (Lipinski definition) is 1. The van der Waals surface area contributed by atoms with Crippen molar-refractivity contribution >= 4 is 81.3 Å². The lowest BCUT2D eigenvalue weighted by molar-refractivity contribution is 1.12. The van der Waals surface area contributed by atoms with Gasteiger partial charge in [0.15, 0.2) is 0 Å². The van der Waals surface area contributed by atoms with Gasteiger partial charge in [0.25, 0.3) is 0 Å². The number of H-pyrrole nitrogens is 1. The van der Waals surface area contributed by atoms with Crippen LogP contribution < -0.4 is 0 Å². The minimum Gasteiger partial charge on any atom is -0.354 e. The van der Waals surface area contributed by atoms with E-state index in [2.05, 4.69) is 399 Å². The molecule has 0 saturated carbocycles. The van der Waals surface area contributed by atoms with Crippen LogP contribution in [0.1, 0.15) is 7.43 Å². The molecule has 4 heterocycles. The second kappa shape index (κ2) is 25.9. The van der Waals surface area contributed by atoms with E-state index in [9.17, 15) is 0 Å². The van der Waals surface area contributed by atoms with Crippen molar-refractivity contribution in [3.05, 3.63) is 368 Å². The first-order valence-corrected chi connectivity index (χ1v) is 32.4. The molecule has 5 heteroatoms. The second-order valence-corrected chi connectivity index (χ2v) is 24.3. The Hall–Kier alpha value is -11.8. The number of nitrogens with one attached hydrogen (secondary N) is 1. The second-order valence-electron chi connectivity index (χ2n) is 23.3. The van der Waals surface area contributed by atoms with Gasteiger partial charge in [0.2, 0.25) is 0 Å². The zero-order chi connectivity index (χ0) is 62.0. The summed E-state index contributed by atoms with van der Waals surface area (Å²) in [5.41, 5.74) is 25.3. The van der Waals surface area contributed by atoms with E-state index in [1.54, 1.807) is 0 Å². The lowest BCUT2D eigenvalue weighted by Crippen LogP contribution is -1.99. The minimum atomic E-state index is 0. The average Bonchev–Trinajstić information content (AvgIpc) is 1.61. The van der Waals surface area contributed by atoms with Crippen molar-refractivity contribution in [2.45, 2.75) is 7.43 Å². The van der Waals surface area contributed by atoms with E-state index in [4.69, 9.17) is 0 Å². The fourth-order valence-corrected chi connectivity index (χ4v) is 13.9. The molecule has 448 valence electrons. The quantitative estimate of drug-likeness (QED) is 0.149. The molecule has 94 heavy (non-hydrogen) atoms. The number of para-hydroxylation sites is 6. The highest BCUT2D eigenvalue weighted by molar-refractivity contribution is 9.10. The van der Waals surface area contributed by atoms with Crippen LogP contribution in [0.15, 0.2) is 368 Å². The van der Waals surface area contributed by atoms with Gasteiger partial charge in [-0.1, -0.05) is 302 Å². The maximum atomic E-state index is 3.64. The molecular formula is C89H65BrN4. The van der Waals surface area contributed by atoms with Crippen LogP contribution in [0.4, 0.5) is 0 Å². The first-order chi connectivity index (χ1) is 46.1. The number of rotatable bonds is 9. The molecule has 0 bridgehead atoms. The standard InChI is InChI=1S/C44H30N2.C26H19N.C18H12BrN.CH4/c1-3-13-31(14-4-1)32-23-25-34(26-24-32)44-43(33-15-5-2-6-16-33)39-19-9-12-22-42(39)46(44)36-29-27-35(28-30-36)45-40-20-10-7-17-37(40)38-18-8-11-21-41(38)45;1-3-9-19(10-4-1)20-15-17-22(18-16-20)26-25(21-11-5-2-6-12-21)23-13-7-8-14-24(23)27-26;19-13-9-11-14(12-10-13)20-17-7-3-1-5-15(17)16-6-2-4-8-18(16)20;/h1-30H;1-18,27H;1-12H;1H4. The summed E-state index contributed by atoms with van der Waals surface area (Å²) in [6.07, 6.45) is 0. The number of nitrogens with zero attached hydrogens (tertiary/aromatic N) is 3. The monoisotopic (exact) mass is 1270 g/mol. The average molecular weight is 1270 g/mol. The Kier molecular flexibility index (Phi) is 16.1. The Morgan fingerprint density at radius 3 is 0.926 bits per heavy atom. The van der Waals surface area contributed by atoms with Crippen LogP contribution in [0.2, 0.25) is 0 Å². The van der Waals surface area contributed by atoms with E-state index >= 15 is 0 Å². The van der Waals surface area contributed by atoms with Crippen molar-refractivity contribution in [3.8, 4) is 84.1 Å². The molecule has 0 saturated heterocycles. The minimum absolute atomic E-state index is 0. The summed E-state index contributed by atoms with van der Waals surface area (Å²) in [6.45, 7) is 0. The molecule has 0 aliphatic heterocycles. The first-order valence-electron chi connectivity index (χ1n) is 31.6. The molecule has 18 rings (SSSR count). The molecule has 4 nitrogen and oxygen atoms in total. The van der Waals surface area contributed by atoms with Crippen LogP contribution in [0.5, 0.6) is 0 Å². The normalized spacial score (nSPS) is 11.2. The number of aromatic amines is 1. The molecule has 0 aliphatic rings. The van der Waals surface area contributed by atoms with Gasteiger partial charge in [0.05, 0.1) is 39.0 Å². The Morgan fingerprint density at radius 1 is 0.213 bits per heavy atom. The number of halogens is 1. The highest BCUT2D eigenvalue weighted by Crippen LogP contribution is 2.45. The molecule has 0 aliphatic carbocycles. The van der Waals surface area contributed by atoms with Crippen LogP contribution in [-0.2, 0) is 0 Å². The Morgan fingerprint density at radius 2 is 0.500 bits per heavy atom. The maximum absolute atomic E-state index is 3.64. The smallest absolute Gasteiger partial charge is 0.0619 e. The van der Waals surface area contributed by atoms with Crippen molar-refractivity contribution in [3.63, 3.8) is 0 Å². The summed E-state index contributed by atoms with van der Waals surface area (Å²) < 4.78 is 8.23. The zero-order valence-corrected chi connectivity index (χ0v) is 52.4. The van der Waals surface area contributed by atoms with Gasteiger partial charge in [-0.25, -0.2) is 0 Å². The van der Waals surface area contributed by atoms with Crippen LogP contribution in [-0.4, -0.2) is 18.7 Å². The topological polar surface area (TPSA) is 30.6 Å². The summed E-state index contributed by atoms with van der Waals surface area (Å²) in [4.78, 5) is 3.64. The molecule has 0 fully saturated rings. The number of benzene rings is 14. The Labute approximate surface area is 556 Å². The van der Waals surface area contributed by atoms with E-state index in [-0.39, 0.29) is 7.43 Å². The SMILES string of the molecule is Brc1ccc(-n2c3ccccc3c3ccccc32)cc1.C.c1ccc(-c2ccc(-c3[nH]c4ccccc4c3-c3ccccc3)cc2)cc1.c1ccc(-c2ccc(-c3c(-c4ccccc4)c4ccccc4n3-c3ccc(-n4c5ccccc5c5ccccc54)cc3)cc2)cc1. The van der Waals surface area contributed by atoms with E-state index < -0.39 is 0 Å². The molecule has 18 aromatic rings. The third-order valence-corrected chi connectivity index (χ3v) is 18.4. The molecule has 4 aromatic heterocycles. The third-order valence-electron chi connectivity index (χ3n) is 17.9. The highest BCUT2D eigenvalue weighted by Gasteiger charge is 2.22. The molecule has 14 aromatic carbocycles. The van der Waals surface area contributed by atoms with Gasteiger partial charge in [-0.3, -0.25) is 0 Å². The molecule has 0 spiro atoms. The van der Waals surface area contributed by atoms with Gasteiger partial charge in [-0.15, -0.1) is 0 Å². The summed E-state index contributed by atoms with van der Waals surface area (Å²) in [6, 6.07) is 130. The van der Waals surface area contributed by atoms with Crippen LogP contribution in [0.3, 0.4) is 0 Å².